The quantitative estimate of drug-likeness (QED) is 0.153. The van der Waals surface area contributed by atoms with Gasteiger partial charge in [-0.05, 0) is 85.8 Å². The number of allylic oxidation sites excluding steroid dienone is 4. The van der Waals surface area contributed by atoms with Crippen LogP contribution in [-0.2, 0) is 27.0 Å². The third-order valence-electron chi connectivity index (χ3n) is 6.58. The molecule has 0 unspecified atom stereocenters. The fraction of sp³-hybridized carbons (Fsp3) is 0.474. The van der Waals surface area contributed by atoms with Crippen LogP contribution in [0.1, 0.15) is 143 Å². The summed E-state index contributed by atoms with van der Waals surface area (Å²) in [4.78, 5) is 30.2. The molecule has 0 N–H and O–H groups in total. The number of hydrogen-bond donors (Lipinski definition) is 0. The smallest absolute Gasteiger partial charge is 0.876 e. The van der Waals surface area contributed by atoms with Crippen molar-refractivity contribution in [3.05, 3.63) is 82.3 Å². The number of aliphatic imine (C=N–C) groups is 2. The van der Waals surface area contributed by atoms with Gasteiger partial charge < -0.3 is 10.2 Å². The van der Waals surface area contributed by atoms with Gasteiger partial charge in [0.2, 0.25) is 0 Å². The zero-order valence-corrected chi connectivity index (χ0v) is 31.1. The van der Waals surface area contributed by atoms with Gasteiger partial charge in [-0.25, -0.2) is 0 Å². The van der Waals surface area contributed by atoms with Crippen LogP contribution in [0.4, 0.5) is 11.4 Å². The molecule has 0 spiro atoms. The number of nitrogens with zero attached hydrogens (tertiary/aromatic N) is 2. The molecule has 246 valence electrons. The van der Waals surface area contributed by atoms with Gasteiger partial charge >= 0.3 is 17.4 Å². The second-order valence-corrected chi connectivity index (χ2v) is 12.3. The Morgan fingerprint density at radius 2 is 0.756 bits per heavy atom. The van der Waals surface area contributed by atoms with E-state index < -0.39 is 0 Å². The second-order valence-electron chi connectivity index (χ2n) is 12.3. The first-order chi connectivity index (χ1) is 20.3. The van der Waals surface area contributed by atoms with E-state index in [9.17, 15) is 19.8 Å². The number of hydrogen-bond acceptors (Lipinski definition) is 6. The predicted molar refractivity (Wildman–Crippen MR) is 184 cm³/mol. The summed E-state index contributed by atoms with van der Waals surface area (Å²) in [7, 11) is 0. The number of para-hydroxylation sites is 2. The van der Waals surface area contributed by atoms with Crippen molar-refractivity contribution >= 4 is 34.4 Å². The Balaban J connectivity index is 0. The molecule has 6 nitrogen and oxygen atoms in total. The first-order valence-corrected chi connectivity index (χ1v) is 15.4. The van der Waals surface area contributed by atoms with E-state index in [1.807, 2.05) is 0 Å². The Bertz CT molecular complexity index is 1210. The summed E-state index contributed by atoms with van der Waals surface area (Å²) in [5.74, 6) is 0.979. The minimum Gasteiger partial charge on any atom is -0.876 e. The molecule has 0 aliphatic rings. The normalized spacial score (nSPS) is 12.4. The molecule has 0 aromatic heterocycles. The summed E-state index contributed by atoms with van der Waals surface area (Å²) in [5, 5.41) is 20.0. The van der Waals surface area contributed by atoms with E-state index in [1.54, 1.807) is 0 Å². The molecule has 0 bridgehead atoms. The molecule has 0 aliphatic heterocycles. The van der Waals surface area contributed by atoms with Crippen molar-refractivity contribution in [2.24, 2.45) is 9.98 Å². The number of carbonyl (C=O) groups excluding carboxylic acids is 2. The maximum Gasteiger partial charge on any atom is 2.00 e. The Morgan fingerprint density at radius 3 is 0.889 bits per heavy atom. The molecule has 0 heterocycles. The Hall–Kier alpha value is -3.27. The van der Waals surface area contributed by atoms with Crippen LogP contribution in [0.25, 0.3) is 0 Å². The Morgan fingerprint density at radius 1 is 0.533 bits per heavy atom. The molecule has 2 rings (SSSR count). The van der Waals surface area contributed by atoms with Crippen LogP contribution in [0, 0.1) is 0 Å². The molecule has 0 radical (unpaired) electrons. The summed E-state index contributed by atoms with van der Waals surface area (Å²) in [5.41, 5.74) is 9.43. The predicted octanol–water partition coefficient (Wildman–Crippen LogP) is 8.74. The minimum atomic E-state index is -0.187. The SMILES string of the molecule is CC(=Nc1c(C(C)C)cccc1C(C)C)C(C)=Nc1c(C(C)C)cccc1C(C)C.CC(=O)/C=C(/C)[O-].CC(=O)/C=C(/C)[O-].[Cr+2]. The molecule has 7 heteroatoms. The number of ketones is 2. The molecule has 2 aromatic carbocycles. The first kappa shape index (κ1) is 43.9. The van der Waals surface area contributed by atoms with Crippen LogP contribution in [0.2, 0.25) is 0 Å². The molecule has 0 aliphatic carbocycles. The van der Waals surface area contributed by atoms with E-state index in [-0.39, 0.29) is 40.4 Å². The van der Waals surface area contributed by atoms with Gasteiger partial charge in [-0.1, -0.05) is 106 Å². The van der Waals surface area contributed by atoms with Crippen LogP contribution < -0.4 is 10.2 Å². The zero-order valence-electron chi connectivity index (χ0n) is 29.9. The van der Waals surface area contributed by atoms with Crippen LogP contribution >= 0.6 is 0 Å². The van der Waals surface area contributed by atoms with Crippen molar-refractivity contribution in [2.75, 3.05) is 0 Å². The molecule has 0 saturated carbocycles. The summed E-state index contributed by atoms with van der Waals surface area (Å²) < 4.78 is 0. The summed E-state index contributed by atoms with van der Waals surface area (Å²) in [6.07, 6.45) is 2.11. The maximum absolute atomic E-state index is 9.98. The number of rotatable bonds is 9. The maximum atomic E-state index is 9.98. The Kier molecular flexibility index (Phi) is 20.9. The van der Waals surface area contributed by atoms with Crippen molar-refractivity contribution in [1.29, 1.82) is 0 Å². The molecular weight excluding hydrogens is 600 g/mol. The van der Waals surface area contributed by atoms with Gasteiger partial charge in [-0.3, -0.25) is 19.6 Å². The van der Waals surface area contributed by atoms with Crippen LogP contribution in [0.3, 0.4) is 0 Å². The van der Waals surface area contributed by atoms with Gasteiger partial charge in [0.15, 0.2) is 11.6 Å². The third kappa shape index (κ3) is 16.6. The summed E-state index contributed by atoms with van der Waals surface area (Å²) >= 11 is 0. The standard InChI is InChI=1S/C28H40N2.2C5H8O2.Cr/c1-17(2)23-13-11-14-24(18(3)4)27(23)29-21(9)22(10)30-28-25(19(5)6)15-12-16-26(28)20(7)8;2*1-4(6)3-5(2)7;/h11-20H,1-10H3;2*3,6H,1-2H3;/q;;;+2/p-2/b;2*4-3-;. The van der Waals surface area contributed by atoms with E-state index in [2.05, 4.69) is 106 Å². The zero-order chi connectivity index (χ0) is 34.3. The van der Waals surface area contributed by atoms with E-state index >= 15 is 0 Å². The second kappa shape index (κ2) is 21.5. The largest absolute Gasteiger partial charge is 2.00 e. The van der Waals surface area contributed by atoms with Gasteiger partial charge in [-0.15, -0.1) is 11.5 Å². The number of carbonyl (C=O) groups is 2. The average molecular weight is 655 g/mol. The van der Waals surface area contributed by atoms with E-state index in [4.69, 9.17) is 9.98 Å². The summed E-state index contributed by atoms with van der Waals surface area (Å²) in [6, 6.07) is 13.2. The summed E-state index contributed by atoms with van der Waals surface area (Å²) in [6.45, 7) is 27.5. The molecule has 0 atom stereocenters. The van der Waals surface area contributed by atoms with Gasteiger partial charge in [0.1, 0.15) is 0 Å². The van der Waals surface area contributed by atoms with Crippen LogP contribution in [0.5, 0.6) is 0 Å². The molecule has 0 saturated heterocycles. The van der Waals surface area contributed by atoms with E-state index in [0.29, 0.717) is 23.7 Å². The van der Waals surface area contributed by atoms with Crippen molar-refractivity contribution in [3.63, 3.8) is 0 Å². The first-order valence-electron chi connectivity index (χ1n) is 15.4. The van der Waals surface area contributed by atoms with Crippen molar-refractivity contribution in [2.45, 2.75) is 121 Å². The third-order valence-corrected chi connectivity index (χ3v) is 6.58. The fourth-order valence-electron chi connectivity index (χ4n) is 4.35. The van der Waals surface area contributed by atoms with Crippen molar-refractivity contribution < 1.29 is 37.2 Å². The average Bonchev–Trinajstić information content (AvgIpc) is 2.87. The number of benzene rings is 2. The minimum absolute atomic E-state index is 0. The Labute approximate surface area is 283 Å². The van der Waals surface area contributed by atoms with Gasteiger partial charge in [0.05, 0.1) is 22.8 Å². The van der Waals surface area contributed by atoms with Crippen molar-refractivity contribution in [1.82, 2.24) is 0 Å². The molecule has 45 heavy (non-hydrogen) atoms. The fourth-order valence-corrected chi connectivity index (χ4v) is 4.35. The topological polar surface area (TPSA) is 105 Å². The van der Waals surface area contributed by atoms with Crippen molar-refractivity contribution in [3.8, 4) is 0 Å². The van der Waals surface area contributed by atoms with Gasteiger partial charge in [0, 0.05) is 0 Å². The van der Waals surface area contributed by atoms with Crippen LogP contribution in [0.15, 0.2) is 70.1 Å². The van der Waals surface area contributed by atoms with Gasteiger partial charge in [0.25, 0.3) is 0 Å². The molecule has 2 aromatic rings. The van der Waals surface area contributed by atoms with E-state index in [0.717, 1.165) is 35.0 Å². The molecular formula is C38H54CrN2O4. The van der Waals surface area contributed by atoms with Gasteiger partial charge in [-0.2, -0.15) is 0 Å². The molecule has 0 fully saturated rings. The monoisotopic (exact) mass is 654 g/mol. The van der Waals surface area contributed by atoms with Crippen LogP contribution in [-0.4, -0.2) is 23.0 Å². The molecule has 0 amide bonds. The van der Waals surface area contributed by atoms with E-state index in [1.165, 1.54) is 49.9 Å².